The van der Waals surface area contributed by atoms with E-state index in [-0.39, 0.29) is 0 Å². The van der Waals surface area contributed by atoms with Crippen LogP contribution in [0.2, 0.25) is 0 Å². The van der Waals surface area contributed by atoms with E-state index >= 15 is 0 Å². The van der Waals surface area contributed by atoms with Crippen LogP contribution in [-0.4, -0.2) is 30.9 Å². The molecule has 0 aliphatic rings. The number of nitrogens with zero attached hydrogens (tertiary/aromatic N) is 5. The van der Waals surface area contributed by atoms with Crippen LogP contribution in [0.4, 0.5) is 0 Å². The van der Waals surface area contributed by atoms with E-state index < -0.39 is 0 Å². The summed E-state index contributed by atoms with van der Waals surface area (Å²) in [6, 6.07) is 18.9. The Hall–Kier alpha value is -2.99. The summed E-state index contributed by atoms with van der Waals surface area (Å²) in [6.07, 6.45) is 3.69. The number of imidazole rings is 1. The van der Waals surface area contributed by atoms with Crippen LogP contribution in [0.15, 0.2) is 60.9 Å². The predicted molar refractivity (Wildman–Crippen MR) is 106 cm³/mol. The molecule has 4 aromatic rings. The molecule has 0 aliphatic heterocycles. The monoisotopic (exact) mass is 360 g/mol. The van der Waals surface area contributed by atoms with Crippen molar-refractivity contribution in [3.63, 3.8) is 0 Å². The van der Waals surface area contributed by atoms with Gasteiger partial charge in [-0.05, 0) is 30.7 Å². The smallest absolute Gasteiger partial charge is 0.146 e. The van der Waals surface area contributed by atoms with Crippen LogP contribution in [0.3, 0.4) is 0 Å². The van der Waals surface area contributed by atoms with E-state index in [1.54, 1.807) is 6.33 Å². The van der Waals surface area contributed by atoms with Crippen molar-refractivity contribution in [2.24, 2.45) is 7.05 Å². The molecule has 2 aromatic carbocycles. The van der Waals surface area contributed by atoms with Gasteiger partial charge in [0.05, 0.1) is 17.6 Å². The molecule has 0 bridgehead atoms. The van der Waals surface area contributed by atoms with Crippen molar-refractivity contribution in [2.45, 2.75) is 25.9 Å². The van der Waals surface area contributed by atoms with Gasteiger partial charge in [-0.2, -0.15) is 0 Å². The Morgan fingerprint density at radius 1 is 0.963 bits per heavy atom. The summed E-state index contributed by atoms with van der Waals surface area (Å²) in [7, 11) is 1.96. The molecule has 0 fully saturated rings. The number of aromatic nitrogens is 5. The maximum absolute atomic E-state index is 4.88. The van der Waals surface area contributed by atoms with E-state index in [0.717, 1.165) is 49.6 Å². The number of para-hydroxylation sites is 2. The minimum Gasteiger partial charge on any atom is -0.323 e. The van der Waals surface area contributed by atoms with Crippen LogP contribution in [0.5, 0.6) is 0 Å². The average molecular weight is 360 g/mol. The highest BCUT2D eigenvalue weighted by molar-refractivity contribution is 5.76. The van der Waals surface area contributed by atoms with Crippen molar-refractivity contribution in [1.82, 2.24) is 29.6 Å². The van der Waals surface area contributed by atoms with Crippen LogP contribution in [0.25, 0.3) is 11.0 Å². The lowest BCUT2D eigenvalue weighted by molar-refractivity contribution is 0.598. The molecule has 0 spiro atoms. The summed E-state index contributed by atoms with van der Waals surface area (Å²) < 4.78 is 4.28. The fraction of sp³-hybridized carbons (Fsp3) is 0.286. The van der Waals surface area contributed by atoms with Gasteiger partial charge in [-0.1, -0.05) is 42.5 Å². The lowest BCUT2D eigenvalue weighted by atomic mass is 10.2. The fourth-order valence-corrected chi connectivity index (χ4v) is 3.30. The van der Waals surface area contributed by atoms with Gasteiger partial charge in [0.25, 0.3) is 0 Å². The Labute approximate surface area is 158 Å². The van der Waals surface area contributed by atoms with Crippen molar-refractivity contribution in [1.29, 1.82) is 0 Å². The summed E-state index contributed by atoms with van der Waals surface area (Å²) in [4.78, 5) is 4.88. The first-order valence-corrected chi connectivity index (χ1v) is 9.33. The lowest BCUT2D eigenvalue weighted by Crippen LogP contribution is -2.18. The second-order valence-corrected chi connectivity index (χ2v) is 6.73. The van der Waals surface area contributed by atoms with Gasteiger partial charge in [-0.15, -0.1) is 10.2 Å². The minimum absolute atomic E-state index is 0.733. The molecule has 6 nitrogen and oxygen atoms in total. The third kappa shape index (κ3) is 4.06. The number of hydrogen-bond donors (Lipinski definition) is 1. The van der Waals surface area contributed by atoms with Crippen molar-refractivity contribution in [2.75, 3.05) is 6.54 Å². The van der Waals surface area contributed by atoms with Crippen molar-refractivity contribution in [3.8, 4) is 0 Å². The van der Waals surface area contributed by atoms with E-state index in [9.17, 15) is 0 Å². The Morgan fingerprint density at radius 2 is 1.78 bits per heavy atom. The van der Waals surface area contributed by atoms with Crippen molar-refractivity contribution < 1.29 is 0 Å². The molecule has 0 saturated carbocycles. The van der Waals surface area contributed by atoms with E-state index in [1.807, 2.05) is 11.6 Å². The SMILES string of the molecule is Cn1cnnc1CNCCCc1nc2ccccc2n1Cc1ccccc1. The molecule has 0 unspecified atom stereocenters. The Balaban J connectivity index is 1.43. The zero-order valence-corrected chi connectivity index (χ0v) is 15.5. The maximum Gasteiger partial charge on any atom is 0.146 e. The molecule has 2 heterocycles. The number of hydrogen-bond acceptors (Lipinski definition) is 4. The normalized spacial score (nSPS) is 11.3. The molecular weight excluding hydrogens is 336 g/mol. The molecule has 0 saturated heterocycles. The van der Waals surface area contributed by atoms with E-state index in [4.69, 9.17) is 4.98 Å². The zero-order chi connectivity index (χ0) is 18.5. The van der Waals surface area contributed by atoms with Crippen LogP contribution in [0, 0.1) is 0 Å². The topological polar surface area (TPSA) is 60.6 Å². The van der Waals surface area contributed by atoms with E-state index in [1.165, 1.54) is 11.1 Å². The second-order valence-electron chi connectivity index (χ2n) is 6.73. The molecule has 0 aliphatic carbocycles. The minimum atomic E-state index is 0.733. The first kappa shape index (κ1) is 17.4. The van der Waals surface area contributed by atoms with Crippen LogP contribution in [0.1, 0.15) is 23.6 Å². The highest BCUT2D eigenvalue weighted by Crippen LogP contribution is 2.19. The summed E-state index contributed by atoms with van der Waals surface area (Å²) in [5.74, 6) is 2.09. The van der Waals surface area contributed by atoms with Crippen molar-refractivity contribution in [3.05, 3.63) is 78.1 Å². The number of rotatable bonds is 8. The quantitative estimate of drug-likeness (QED) is 0.491. The number of fused-ring (bicyclic) bond motifs is 1. The summed E-state index contributed by atoms with van der Waals surface area (Å²) in [5, 5.41) is 11.4. The predicted octanol–water partition coefficient (Wildman–Crippen LogP) is 2.94. The molecular formula is C21H24N6. The van der Waals surface area contributed by atoms with Gasteiger partial charge in [-0.25, -0.2) is 4.98 Å². The van der Waals surface area contributed by atoms with Crippen molar-refractivity contribution >= 4 is 11.0 Å². The van der Waals surface area contributed by atoms with E-state index in [0.29, 0.717) is 0 Å². The number of nitrogens with one attached hydrogen (secondary N) is 1. The lowest BCUT2D eigenvalue weighted by Gasteiger charge is -2.10. The van der Waals surface area contributed by atoms with Gasteiger partial charge in [0.15, 0.2) is 0 Å². The molecule has 1 N–H and O–H groups in total. The van der Waals surface area contributed by atoms with Crippen LogP contribution in [-0.2, 0) is 26.6 Å². The highest BCUT2D eigenvalue weighted by atomic mass is 15.3. The van der Waals surface area contributed by atoms with Gasteiger partial charge in [-0.3, -0.25) is 0 Å². The summed E-state index contributed by atoms with van der Waals surface area (Å²) in [5.41, 5.74) is 3.56. The molecule has 27 heavy (non-hydrogen) atoms. The Bertz CT molecular complexity index is 1000. The molecule has 138 valence electrons. The van der Waals surface area contributed by atoms with Gasteiger partial charge in [0, 0.05) is 20.0 Å². The molecule has 0 atom stereocenters. The van der Waals surface area contributed by atoms with E-state index in [2.05, 4.69) is 74.7 Å². The van der Waals surface area contributed by atoms with Gasteiger partial charge < -0.3 is 14.5 Å². The van der Waals surface area contributed by atoms with Crippen LogP contribution >= 0.6 is 0 Å². The first-order valence-electron chi connectivity index (χ1n) is 9.33. The maximum atomic E-state index is 4.88. The Kier molecular flexibility index (Phi) is 5.25. The first-order chi connectivity index (χ1) is 13.3. The Morgan fingerprint density at radius 3 is 2.59 bits per heavy atom. The average Bonchev–Trinajstić information content (AvgIpc) is 3.26. The second kappa shape index (κ2) is 8.14. The molecule has 0 amide bonds. The van der Waals surface area contributed by atoms with Gasteiger partial charge in [0.1, 0.15) is 18.0 Å². The largest absolute Gasteiger partial charge is 0.323 e. The summed E-state index contributed by atoms with van der Waals surface area (Å²) in [6.45, 7) is 2.50. The van der Waals surface area contributed by atoms with Gasteiger partial charge in [0.2, 0.25) is 0 Å². The fourth-order valence-electron chi connectivity index (χ4n) is 3.30. The van der Waals surface area contributed by atoms with Gasteiger partial charge >= 0.3 is 0 Å². The number of aryl methyl sites for hydroxylation is 2. The molecule has 6 heteroatoms. The third-order valence-electron chi connectivity index (χ3n) is 4.76. The molecule has 0 radical (unpaired) electrons. The number of benzene rings is 2. The molecule has 4 rings (SSSR count). The zero-order valence-electron chi connectivity index (χ0n) is 15.5. The summed E-state index contributed by atoms with van der Waals surface area (Å²) >= 11 is 0. The van der Waals surface area contributed by atoms with Crippen LogP contribution < -0.4 is 5.32 Å². The molecule has 2 aromatic heterocycles. The standard InChI is InChI=1S/C21H24N6/c1-26-16-23-25-21(26)14-22-13-7-12-20-24-18-10-5-6-11-19(18)27(20)15-17-8-3-2-4-9-17/h2-6,8-11,16,22H,7,12-15H2,1H3. The third-order valence-corrected chi connectivity index (χ3v) is 4.76. The highest BCUT2D eigenvalue weighted by Gasteiger charge is 2.10.